The van der Waals surface area contributed by atoms with E-state index in [1.54, 1.807) is 0 Å². The number of para-hydroxylation sites is 1. The largest absolute Gasteiger partial charge is 0.503 e. The summed E-state index contributed by atoms with van der Waals surface area (Å²) in [5.41, 5.74) is 0.451. The van der Waals surface area contributed by atoms with Crippen LogP contribution in [0.1, 0.15) is 12.0 Å². The van der Waals surface area contributed by atoms with E-state index in [9.17, 15) is 8.78 Å². The van der Waals surface area contributed by atoms with Gasteiger partial charge in [0.2, 0.25) is 0 Å². The summed E-state index contributed by atoms with van der Waals surface area (Å²) in [5.74, 6) is -2.01. The number of phenols is 1. The molecule has 0 saturated carbocycles. The molecular formula is C16H17F2NO2. The zero-order chi connectivity index (χ0) is 15.1. The van der Waals surface area contributed by atoms with Gasteiger partial charge in [-0.05, 0) is 42.8 Å². The van der Waals surface area contributed by atoms with Crippen molar-refractivity contribution in [2.45, 2.75) is 13.0 Å². The molecule has 21 heavy (non-hydrogen) atoms. The van der Waals surface area contributed by atoms with Gasteiger partial charge in [0.05, 0.1) is 6.61 Å². The van der Waals surface area contributed by atoms with Crippen LogP contribution in [-0.4, -0.2) is 18.3 Å². The van der Waals surface area contributed by atoms with Crippen molar-refractivity contribution >= 4 is 0 Å². The van der Waals surface area contributed by atoms with Gasteiger partial charge in [0.1, 0.15) is 5.75 Å². The zero-order valence-electron chi connectivity index (χ0n) is 11.5. The summed E-state index contributed by atoms with van der Waals surface area (Å²) in [6.07, 6.45) is 0.776. The fourth-order valence-corrected chi connectivity index (χ4v) is 1.86. The summed E-state index contributed by atoms with van der Waals surface area (Å²) < 4.78 is 31.8. The van der Waals surface area contributed by atoms with Gasteiger partial charge in [0, 0.05) is 6.54 Å². The normalized spacial score (nSPS) is 10.6. The molecule has 5 heteroatoms. The zero-order valence-corrected chi connectivity index (χ0v) is 11.5. The molecule has 0 amide bonds. The van der Waals surface area contributed by atoms with Crippen LogP contribution in [0.15, 0.2) is 42.5 Å². The van der Waals surface area contributed by atoms with Crippen molar-refractivity contribution in [2.75, 3.05) is 13.2 Å². The minimum absolute atomic E-state index is 0.333. The smallest absolute Gasteiger partial charge is 0.187 e. The van der Waals surface area contributed by atoms with E-state index < -0.39 is 17.4 Å². The number of phenolic OH excluding ortho intramolecular Hbond substituents is 1. The highest BCUT2D eigenvalue weighted by Crippen LogP contribution is 2.21. The van der Waals surface area contributed by atoms with Gasteiger partial charge in [0.15, 0.2) is 17.4 Å². The van der Waals surface area contributed by atoms with Gasteiger partial charge in [-0.15, -0.1) is 0 Å². The Morgan fingerprint density at radius 1 is 1.05 bits per heavy atom. The molecule has 0 aliphatic carbocycles. The number of hydrogen-bond acceptors (Lipinski definition) is 3. The topological polar surface area (TPSA) is 41.5 Å². The molecule has 2 N–H and O–H groups in total. The van der Waals surface area contributed by atoms with E-state index in [0.717, 1.165) is 24.3 Å². The first-order valence-corrected chi connectivity index (χ1v) is 6.72. The van der Waals surface area contributed by atoms with Gasteiger partial charge in [-0.2, -0.15) is 0 Å². The van der Waals surface area contributed by atoms with Crippen LogP contribution in [0.2, 0.25) is 0 Å². The van der Waals surface area contributed by atoms with Crippen molar-refractivity contribution in [3.05, 3.63) is 59.7 Å². The number of nitrogens with one attached hydrogen (secondary N) is 1. The van der Waals surface area contributed by atoms with E-state index in [0.29, 0.717) is 25.3 Å². The lowest BCUT2D eigenvalue weighted by Crippen LogP contribution is -2.17. The van der Waals surface area contributed by atoms with Crippen molar-refractivity contribution in [3.63, 3.8) is 0 Å². The summed E-state index contributed by atoms with van der Waals surface area (Å²) in [7, 11) is 0. The molecule has 0 aliphatic heterocycles. The first kappa shape index (κ1) is 15.3. The van der Waals surface area contributed by atoms with Crippen molar-refractivity contribution in [3.8, 4) is 11.5 Å². The molecule has 3 nitrogen and oxygen atoms in total. The second kappa shape index (κ2) is 7.59. The second-order valence-corrected chi connectivity index (χ2v) is 4.60. The molecule has 0 fully saturated rings. The van der Waals surface area contributed by atoms with Crippen LogP contribution in [0.5, 0.6) is 11.5 Å². The molecular weight excluding hydrogens is 276 g/mol. The number of halogens is 2. The monoisotopic (exact) mass is 293 g/mol. The predicted molar refractivity (Wildman–Crippen MR) is 76.3 cm³/mol. The molecule has 0 aliphatic rings. The Morgan fingerprint density at radius 2 is 1.71 bits per heavy atom. The van der Waals surface area contributed by atoms with Crippen LogP contribution in [-0.2, 0) is 6.54 Å². The predicted octanol–water partition coefficient (Wildman–Crippen LogP) is 3.23. The van der Waals surface area contributed by atoms with Gasteiger partial charge in [-0.3, -0.25) is 0 Å². The van der Waals surface area contributed by atoms with Gasteiger partial charge in [-0.25, -0.2) is 8.78 Å². The maximum absolute atomic E-state index is 13.1. The minimum atomic E-state index is -0.945. The van der Waals surface area contributed by atoms with Gasteiger partial charge >= 0.3 is 0 Å². The Kier molecular flexibility index (Phi) is 5.51. The standard InChI is InChI=1S/C16H17F2NO2/c17-14-9-12(10-15(18)16(14)20)11-19-7-4-8-21-13-5-2-1-3-6-13/h1-3,5-6,9-10,19-20H,4,7-8,11H2. The third-order valence-corrected chi connectivity index (χ3v) is 2.92. The van der Waals surface area contributed by atoms with Crippen LogP contribution in [0.3, 0.4) is 0 Å². The van der Waals surface area contributed by atoms with Crippen LogP contribution in [0.25, 0.3) is 0 Å². The van der Waals surface area contributed by atoms with E-state index in [4.69, 9.17) is 9.84 Å². The Labute approximate surface area is 122 Å². The van der Waals surface area contributed by atoms with Gasteiger partial charge in [-0.1, -0.05) is 18.2 Å². The quantitative estimate of drug-likeness (QED) is 0.770. The lowest BCUT2D eigenvalue weighted by molar-refractivity contribution is 0.308. The number of ether oxygens (including phenoxy) is 1. The molecule has 2 aromatic carbocycles. The average Bonchev–Trinajstić information content (AvgIpc) is 2.49. The number of rotatable bonds is 7. The summed E-state index contributed by atoms with van der Waals surface area (Å²) in [5, 5.41) is 12.1. The Morgan fingerprint density at radius 3 is 2.38 bits per heavy atom. The summed E-state index contributed by atoms with van der Waals surface area (Å²) in [6.45, 7) is 1.56. The van der Waals surface area contributed by atoms with Crippen LogP contribution in [0.4, 0.5) is 8.78 Å². The highest BCUT2D eigenvalue weighted by atomic mass is 19.1. The molecule has 0 atom stereocenters. The van der Waals surface area contributed by atoms with Crippen molar-refractivity contribution in [1.29, 1.82) is 0 Å². The number of hydrogen-bond donors (Lipinski definition) is 2. The maximum Gasteiger partial charge on any atom is 0.187 e. The second-order valence-electron chi connectivity index (χ2n) is 4.60. The molecule has 0 aromatic heterocycles. The van der Waals surface area contributed by atoms with E-state index >= 15 is 0 Å². The Bertz CT molecular complexity index is 553. The molecule has 112 valence electrons. The highest BCUT2D eigenvalue weighted by molar-refractivity contribution is 5.29. The van der Waals surface area contributed by atoms with Crippen LogP contribution in [0, 0.1) is 11.6 Å². The average molecular weight is 293 g/mol. The highest BCUT2D eigenvalue weighted by Gasteiger charge is 2.08. The van der Waals surface area contributed by atoms with Crippen LogP contribution >= 0.6 is 0 Å². The van der Waals surface area contributed by atoms with Crippen molar-refractivity contribution in [1.82, 2.24) is 5.32 Å². The molecule has 2 rings (SSSR count). The Hall–Kier alpha value is -2.14. The first-order valence-electron chi connectivity index (χ1n) is 6.72. The fourth-order valence-electron chi connectivity index (χ4n) is 1.86. The maximum atomic E-state index is 13.1. The van der Waals surface area contributed by atoms with Gasteiger partial charge in [0.25, 0.3) is 0 Å². The summed E-state index contributed by atoms with van der Waals surface area (Å²) >= 11 is 0. The van der Waals surface area contributed by atoms with E-state index in [1.165, 1.54) is 0 Å². The SMILES string of the molecule is Oc1c(F)cc(CNCCCOc2ccccc2)cc1F. The van der Waals surface area contributed by atoms with E-state index in [2.05, 4.69) is 5.32 Å². The lowest BCUT2D eigenvalue weighted by atomic mass is 10.2. The molecule has 0 spiro atoms. The molecule has 0 bridgehead atoms. The minimum Gasteiger partial charge on any atom is -0.503 e. The van der Waals surface area contributed by atoms with Crippen LogP contribution < -0.4 is 10.1 Å². The third-order valence-electron chi connectivity index (χ3n) is 2.92. The molecule has 0 saturated heterocycles. The summed E-state index contributed by atoms with van der Waals surface area (Å²) in [4.78, 5) is 0. The van der Waals surface area contributed by atoms with Crippen molar-refractivity contribution < 1.29 is 18.6 Å². The van der Waals surface area contributed by atoms with E-state index in [-0.39, 0.29) is 0 Å². The van der Waals surface area contributed by atoms with Crippen molar-refractivity contribution in [2.24, 2.45) is 0 Å². The number of aromatic hydroxyl groups is 1. The summed E-state index contributed by atoms with van der Waals surface area (Å²) in [6, 6.07) is 11.7. The third kappa shape index (κ3) is 4.72. The van der Waals surface area contributed by atoms with E-state index in [1.807, 2.05) is 30.3 Å². The fraction of sp³-hybridized carbons (Fsp3) is 0.250. The lowest BCUT2D eigenvalue weighted by Gasteiger charge is -2.08. The molecule has 0 radical (unpaired) electrons. The first-order chi connectivity index (χ1) is 10.2. The Balaban J connectivity index is 1.66. The molecule has 2 aromatic rings. The molecule has 0 heterocycles. The van der Waals surface area contributed by atoms with Gasteiger partial charge < -0.3 is 15.2 Å². The molecule has 0 unspecified atom stereocenters. The number of benzene rings is 2.